The molecule has 0 bridgehead atoms. The molecule has 1 amide bonds. The van der Waals surface area contributed by atoms with E-state index in [0.717, 1.165) is 16.7 Å². The predicted octanol–water partition coefficient (Wildman–Crippen LogP) is 4.29. The molecule has 0 spiro atoms. The fourth-order valence-electron chi connectivity index (χ4n) is 3.10. The minimum atomic E-state index is -1.82. The molecule has 0 aliphatic carbocycles. The highest BCUT2D eigenvalue weighted by Gasteiger charge is 2.20. The molecule has 36 heavy (non-hydrogen) atoms. The minimum absolute atomic E-state index is 0.165. The molecule has 0 saturated carbocycles. The molecule has 0 aromatic heterocycles. The first-order valence-corrected chi connectivity index (χ1v) is 11.1. The number of carboxylic acids is 2. The van der Waals surface area contributed by atoms with E-state index in [9.17, 15) is 4.79 Å². The fraction of sp³-hybridized carbons (Fsp3) is 0.192. The molecule has 3 aromatic rings. The number of aliphatic carboxylic acids is 2. The van der Waals surface area contributed by atoms with Crippen LogP contribution in [0.5, 0.6) is 11.5 Å². The summed E-state index contributed by atoms with van der Waals surface area (Å²) in [6.07, 6.45) is 0. The molecule has 10 heteroatoms. The topological polar surface area (TPSA) is 134 Å². The molecule has 0 aliphatic heterocycles. The van der Waals surface area contributed by atoms with Gasteiger partial charge in [0.15, 0.2) is 11.5 Å². The molecule has 190 valence electrons. The Bertz CT molecular complexity index is 1190. The van der Waals surface area contributed by atoms with Crippen molar-refractivity contribution in [3.8, 4) is 11.5 Å². The number of benzene rings is 3. The first kappa shape index (κ1) is 28.2. The maximum atomic E-state index is 13.1. The minimum Gasteiger partial charge on any atom is -0.493 e. The lowest BCUT2D eigenvalue weighted by Crippen LogP contribution is -2.32. The summed E-state index contributed by atoms with van der Waals surface area (Å²) in [6, 6.07) is 20.2. The molecule has 0 fully saturated rings. The molecule has 3 aromatic carbocycles. The zero-order valence-electron chi connectivity index (χ0n) is 19.9. The largest absolute Gasteiger partial charge is 0.493 e. The van der Waals surface area contributed by atoms with E-state index >= 15 is 0 Å². The van der Waals surface area contributed by atoms with E-state index in [1.54, 1.807) is 20.3 Å². The molecule has 0 saturated heterocycles. The summed E-state index contributed by atoms with van der Waals surface area (Å²) in [5, 5.41) is 21.7. The Kier molecular flexibility index (Phi) is 10.7. The maximum absolute atomic E-state index is 13.1. The van der Waals surface area contributed by atoms with Crippen molar-refractivity contribution in [1.29, 1.82) is 0 Å². The lowest BCUT2D eigenvalue weighted by molar-refractivity contribution is -0.159. The van der Waals surface area contributed by atoms with Crippen LogP contribution in [-0.2, 0) is 20.9 Å². The van der Waals surface area contributed by atoms with Crippen molar-refractivity contribution in [2.45, 2.75) is 19.5 Å². The number of anilines is 1. The van der Waals surface area contributed by atoms with Crippen LogP contribution in [0.2, 0.25) is 5.02 Å². The van der Waals surface area contributed by atoms with Gasteiger partial charge in [0.1, 0.15) is 6.04 Å². The third-order valence-electron chi connectivity index (χ3n) is 4.98. The second-order valence-corrected chi connectivity index (χ2v) is 7.88. The third-order valence-corrected chi connectivity index (χ3v) is 5.38. The molecule has 0 heterocycles. The standard InChI is InChI=1S/C24H25ClN2O3.C2H2O4/c1-16-9-11-19(14-20(16)25)27-24(28)23(18-7-5-4-6-8-18)26-15-17-10-12-21(29-2)22(13-17)30-3;3-1(4)2(5)6/h4-14,23,26H,15H2,1-3H3,(H,27,28);(H,3,4)(H,5,6). The summed E-state index contributed by atoms with van der Waals surface area (Å²) in [4.78, 5) is 31.3. The number of carbonyl (C=O) groups is 3. The fourth-order valence-corrected chi connectivity index (χ4v) is 3.28. The van der Waals surface area contributed by atoms with Crippen LogP contribution in [0.4, 0.5) is 5.69 Å². The van der Waals surface area contributed by atoms with Gasteiger partial charge < -0.3 is 25.0 Å². The van der Waals surface area contributed by atoms with Gasteiger partial charge in [-0.3, -0.25) is 10.1 Å². The van der Waals surface area contributed by atoms with Crippen molar-refractivity contribution in [3.63, 3.8) is 0 Å². The smallest absolute Gasteiger partial charge is 0.414 e. The monoisotopic (exact) mass is 514 g/mol. The molecule has 0 radical (unpaired) electrons. The number of amides is 1. The summed E-state index contributed by atoms with van der Waals surface area (Å²) in [5.74, 6) is -2.51. The van der Waals surface area contributed by atoms with Crippen molar-refractivity contribution in [1.82, 2.24) is 5.32 Å². The zero-order chi connectivity index (χ0) is 26.7. The van der Waals surface area contributed by atoms with Gasteiger partial charge in [0.05, 0.1) is 14.2 Å². The summed E-state index contributed by atoms with van der Waals surface area (Å²) in [6.45, 7) is 2.40. The lowest BCUT2D eigenvalue weighted by Gasteiger charge is -2.20. The number of halogens is 1. The third kappa shape index (κ3) is 8.30. The van der Waals surface area contributed by atoms with Crippen molar-refractivity contribution in [2.24, 2.45) is 0 Å². The van der Waals surface area contributed by atoms with Crippen LogP contribution in [0.15, 0.2) is 66.7 Å². The van der Waals surface area contributed by atoms with Gasteiger partial charge in [0.2, 0.25) is 5.91 Å². The van der Waals surface area contributed by atoms with E-state index < -0.39 is 18.0 Å². The van der Waals surface area contributed by atoms with E-state index in [0.29, 0.717) is 28.8 Å². The number of methoxy groups -OCH3 is 2. The Morgan fingerprint density at radius 3 is 2.08 bits per heavy atom. The molecule has 0 aliphatic rings. The second kappa shape index (κ2) is 13.7. The average molecular weight is 515 g/mol. The van der Waals surface area contributed by atoms with Crippen LogP contribution in [0.3, 0.4) is 0 Å². The van der Waals surface area contributed by atoms with Crippen molar-refractivity contribution >= 4 is 35.1 Å². The highest BCUT2D eigenvalue weighted by atomic mass is 35.5. The van der Waals surface area contributed by atoms with Crippen LogP contribution >= 0.6 is 11.6 Å². The Labute approximate surface area is 213 Å². The highest BCUT2D eigenvalue weighted by molar-refractivity contribution is 6.31. The number of aryl methyl sites for hydroxylation is 1. The van der Waals surface area contributed by atoms with Gasteiger partial charge in [-0.2, -0.15) is 0 Å². The number of hydrogen-bond acceptors (Lipinski definition) is 6. The van der Waals surface area contributed by atoms with E-state index in [1.165, 1.54) is 0 Å². The Balaban J connectivity index is 0.000000678. The summed E-state index contributed by atoms with van der Waals surface area (Å²) < 4.78 is 10.7. The molecule has 3 rings (SSSR count). The van der Waals surface area contributed by atoms with Crippen LogP contribution < -0.4 is 20.1 Å². The van der Waals surface area contributed by atoms with Gasteiger partial charge in [-0.25, -0.2) is 9.59 Å². The second-order valence-electron chi connectivity index (χ2n) is 7.48. The number of nitrogens with one attached hydrogen (secondary N) is 2. The maximum Gasteiger partial charge on any atom is 0.414 e. The van der Waals surface area contributed by atoms with Crippen LogP contribution in [0, 0.1) is 6.92 Å². The number of carbonyl (C=O) groups excluding carboxylic acids is 1. The average Bonchev–Trinajstić information content (AvgIpc) is 2.87. The predicted molar refractivity (Wildman–Crippen MR) is 136 cm³/mol. The van der Waals surface area contributed by atoms with Gasteiger partial charge in [-0.15, -0.1) is 0 Å². The normalized spacial score (nSPS) is 10.9. The zero-order valence-corrected chi connectivity index (χ0v) is 20.7. The summed E-state index contributed by atoms with van der Waals surface area (Å²) in [7, 11) is 3.20. The Morgan fingerprint density at radius 2 is 1.53 bits per heavy atom. The summed E-state index contributed by atoms with van der Waals surface area (Å²) >= 11 is 6.20. The molecule has 1 unspecified atom stereocenters. The first-order valence-electron chi connectivity index (χ1n) is 10.7. The van der Waals surface area contributed by atoms with Gasteiger partial charge in [0.25, 0.3) is 0 Å². The first-order chi connectivity index (χ1) is 17.2. The number of hydrogen-bond donors (Lipinski definition) is 4. The van der Waals surface area contributed by atoms with E-state index in [1.807, 2.05) is 67.6 Å². The van der Waals surface area contributed by atoms with E-state index in [-0.39, 0.29) is 5.91 Å². The van der Waals surface area contributed by atoms with Crippen molar-refractivity contribution in [2.75, 3.05) is 19.5 Å². The molecule has 9 nitrogen and oxygen atoms in total. The molecular weight excluding hydrogens is 488 g/mol. The Morgan fingerprint density at radius 1 is 0.889 bits per heavy atom. The number of rotatable bonds is 8. The lowest BCUT2D eigenvalue weighted by atomic mass is 10.1. The van der Waals surface area contributed by atoms with Crippen molar-refractivity contribution < 1.29 is 34.1 Å². The van der Waals surface area contributed by atoms with Crippen LogP contribution in [-0.4, -0.2) is 42.3 Å². The number of carboxylic acid groups (broad SMARTS) is 2. The van der Waals surface area contributed by atoms with Crippen LogP contribution in [0.25, 0.3) is 0 Å². The van der Waals surface area contributed by atoms with Crippen molar-refractivity contribution in [3.05, 3.63) is 88.4 Å². The highest BCUT2D eigenvalue weighted by Crippen LogP contribution is 2.28. The SMILES string of the molecule is COc1ccc(CNC(C(=O)Nc2ccc(C)c(Cl)c2)c2ccccc2)cc1OC.O=C(O)C(=O)O. The Hall–Kier alpha value is -4.08. The molecule has 1 atom stereocenters. The quantitative estimate of drug-likeness (QED) is 0.327. The van der Waals surface area contributed by atoms with Crippen LogP contribution in [0.1, 0.15) is 22.7 Å². The van der Waals surface area contributed by atoms with Gasteiger partial charge in [-0.05, 0) is 47.9 Å². The van der Waals surface area contributed by atoms with E-state index in [4.69, 9.17) is 40.9 Å². The molecular formula is C26H27ClN2O7. The summed E-state index contributed by atoms with van der Waals surface area (Å²) in [5.41, 5.74) is 3.46. The van der Waals surface area contributed by atoms with Gasteiger partial charge in [0, 0.05) is 17.3 Å². The van der Waals surface area contributed by atoms with Gasteiger partial charge in [-0.1, -0.05) is 54.1 Å². The van der Waals surface area contributed by atoms with E-state index in [2.05, 4.69) is 10.6 Å². The van der Waals surface area contributed by atoms with Gasteiger partial charge >= 0.3 is 11.9 Å². The number of ether oxygens (including phenoxy) is 2. The molecule has 4 N–H and O–H groups in total.